The van der Waals surface area contributed by atoms with Crippen LogP contribution >= 0.6 is 0 Å². The first-order valence-corrected chi connectivity index (χ1v) is 6.41. The third-order valence-corrected chi connectivity index (χ3v) is 2.26. The summed E-state index contributed by atoms with van der Waals surface area (Å²) in [6.07, 6.45) is 3.94. The number of ether oxygens (including phenoxy) is 1. The molecule has 116 valence electrons. The highest BCUT2D eigenvalue weighted by Gasteiger charge is 2.16. The Morgan fingerprint density at radius 1 is 1.59 bits per heavy atom. The smallest absolute Gasteiger partial charge is 0.407 e. The average molecular weight is 304 g/mol. The van der Waals surface area contributed by atoms with E-state index in [-0.39, 0.29) is 17.9 Å². The molecule has 0 unspecified atom stereocenters. The first-order chi connectivity index (χ1) is 10.2. The van der Waals surface area contributed by atoms with Gasteiger partial charge in [0.05, 0.1) is 4.92 Å². The van der Waals surface area contributed by atoms with Crippen LogP contribution in [0.2, 0.25) is 0 Å². The Bertz CT molecular complexity index is 641. The number of carbonyl (C=O) groups excluding carboxylic acids is 1. The number of amides is 1. The van der Waals surface area contributed by atoms with E-state index in [1.165, 1.54) is 12.3 Å². The summed E-state index contributed by atoms with van der Waals surface area (Å²) in [6.45, 7) is 5.46. The summed E-state index contributed by atoms with van der Waals surface area (Å²) in [4.78, 5) is 25.2. The molecule has 0 bridgehead atoms. The number of alkyl carbamates (subject to hydrolysis) is 1. The molecule has 1 aromatic rings. The van der Waals surface area contributed by atoms with E-state index < -0.39 is 16.6 Å². The standard InChI is InChI=1S/C14H16N4O4/c1-14(2,3)22-13(19)16-6-4-5-10-7-12(18(20)21)11(8-15)17-9-10/h4-5,7,9H,6H2,1-3H3,(H,16,19). The maximum Gasteiger partial charge on any atom is 0.407 e. The van der Waals surface area contributed by atoms with Crippen LogP contribution < -0.4 is 5.32 Å². The zero-order chi connectivity index (χ0) is 16.8. The van der Waals surface area contributed by atoms with Gasteiger partial charge in [-0.15, -0.1) is 0 Å². The first kappa shape index (κ1) is 17.1. The number of hydrogen-bond donors (Lipinski definition) is 1. The van der Waals surface area contributed by atoms with Gasteiger partial charge in [0.2, 0.25) is 5.69 Å². The predicted octanol–water partition coefficient (Wildman–Crippen LogP) is 2.40. The SMILES string of the molecule is CC(C)(C)OC(=O)NCC=Cc1cnc(C#N)c([N+](=O)[O-])c1. The van der Waals surface area contributed by atoms with Gasteiger partial charge in [-0.1, -0.05) is 12.2 Å². The molecule has 1 aromatic heterocycles. The van der Waals surface area contributed by atoms with Gasteiger partial charge in [-0.2, -0.15) is 5.26 Å². The number of nitro groups is 1. The number of aromatic nitrogens is 1. The van der Waals surface area contributed by atoms with Crippen molar-refractivity contribution in [3.63, 3.8) is 0 Å². The summed E-state index contributed by atoms with van der Waals surface area (Å²) in [5, 5.41) is 22.0. The van der Waals surface area contributed by atoms with Crippen molar-refractivity contribution in [3.05, 3.63) is 39.7 Å². The maximum atomic E-state index is 11.4. The highest BCUT2D eigenvalue weighted by Crippen LogP contribution is 2.17. The van der Waals surface area contributed by atoms with E-state index in [1.807, 2.05) is 0 Å². The van der Waals surface area contributed by atoms with Gasteiger partial charge in [0.1, 0.15) is 11.7 Å². The number of nitrogens with one attached hydrogen (secondary N) is 1. The maximum absolute atomic E-state index is 11.4. The Balaban J connectivity index is 2.65. The van der Waals surface area contributed by atoms with Gasteiger partial charge in [0, 0.05) is 18.8 Å². The molecule has 0 saturated carbocycles. The molecule has 1 amide bonds. The second-order valence-corrected chi connectivity index (χ2v) is 5.29. The van der Waals surface area contributed by atoms with Crippen LogP contribution in [0, 0.1) is 21.4 Å². The molecule has 0 aromatic carbocycles. The van der Waals surface area contributed by atoms with Gasteiger partial charge in [-0.25, -0.2) is 9.78 Å². The topological polar surface area (TPSA) is 118 Å². The number of hydrogen-bond acceptors (Lipinski definition) is 6. The van der Waals surface area contributed by atoms with Crippen molar-refractivity contribution in [1.29, 1.82) is 5.26 Å². The molecule has 0 spiro atoms. The molecule has 1 rings (SSSR count). The zero-order valence-corrected chi connectivity index (χ0v) is 12.5. The monoisotopic (exact) mass is 304 g/mol. The lowest BCUT2D eigenvalue weighted by molar-refractivity contribution is -0.385. The van der Waals surface area contributed by atoms with Crippen LogP contribution in [0.1, 0.15) is 32.0 Å². The largest absolute Gasteiger partial charge is 0.444 e. The van der Waals surface area contributed by atoms with Gasteiger partial charge < -0.3 is 10.1 Å². The van der Waals surface area contributed by atoms with Crippen molar-refractivity contribution < 1.29 is 14.5 Å². The fourth-order valence-electron chi connectivity index (χ4n) is 1.44. The summed E-state index contributed by atoms with van der Waals surface area (Å²) in [5.74, 6) is 0. The van der Waals surface area contributed by atoms with Gasteiger partial charge >= 0.3 is 11.8 Å². The third kappa shape index (κ3) is 5.58. The van der Waals surface area contributed by atoms with E-state index in [1.54, 1.807) is 39.0 Å². The first-order valence-electron chi connectivity index (χ1n) is 6.41. The van der Waals surface area contributed by atoms with Gasteiger partial charge in [0.15, 0.2) is 0 Å². The minimum Gasteiger partial charge on any atom is -0.444 e. The number of nitriles is 1. The van der Waals surface area contributed by atoms with Crippen molar-refractivity contribution in [2.75, 3.05) is 6.54 Å². The van der Waals surface area contributed by atoms with E-state index in [2.05, 4.69) is 10.3 Å². The normalized spacial score (nSPS) is 11.0. The number of rotatable bonds is 4. The fourth-order valence-corrected chi connectivity index (χ4v) is 1.44. The summed E-state index contributed by atoms with van der Waals surface area (Å²) < 4.78 is 5.05. The van der Waals surface area contributed by atoms with Crippen LogP contribution in [0.25, 0.3) is 6.08 Å². The zero-order valence-electron chi connectivity index (χ0n) is 12.5. The molecule has 22 heavy (non-hydrogen) atoms. The van der Waals surface area contributed by atoms with Gasteiger partial charge in [-0.3, -0.25) is 10.1 Å². The summed E-state index contributed by atoms with van der Waals surface area (Å²) in [5.41, 5.74) is -0.721. The molecule has 0 fully saturated rings. The number of nitrogens with zero attached hydrogens (tertiary/aromatic N) is 3. The third-order valence-electron chi connectivity index (χ3n) is 2.26. The van der Waals surface area contributed by atoms with Crippen molar-refractivity contribution in [3.8, 4) is 6.07 Å². The Kier molecular flexibility index (Phi) is 5.57. The molecule has 0 atom stereocenters. The van der Waals surface area contributed by atoms with Crippen molar-refractivity contribution >= 4 is 17.9 Å². The highest BCUT2D eigenvalue weighted by molar-refractivity contribution is 5.68. The molecule has 0 aliphatic carbocycles. The van der Waals surface area contributed by atoms with Crippen LogP contribution in [0.15, 0.2) is 18.3 Å². The molecule has 1 heterocycles. The lowest BCUT2D eigenvalue weighted by atomic mass is 10.2. The van der Waals surface area contributed by atoms with Crippen molar-refractivity contribution in [1.82, 2.24) is 10.3 Å². The Morgan fingerprint density at radius 3 is 2.82 bits per heavy atom. The molecular formula is C14H16N4O4. The van der Waals surface area contributed by atoms with Gasteiger partial charge in [-0.05, 0) is 26.3 Å². The van der Waals surface area contributed by atoms with Crippen LogP contribution in [-0.2, 0) is 4.74 Å². The minimum atomic E-state index is -0.665. The number of pyridine rings is 1. The molecule has 0 aliphatic rings. The highest BCUT2D eigenvalue weighted by atomic mass is 16.6. The minimum absolute atomic E-state index is 0.197. The van der Waals surface area contributed by atoms with Crippen LogP contribution in [0.5, 0.6) is 0 Å². The van der Waals surface area contributed by atoms with Crippen molar-refractivity contribution in [2.45, 2.75) is 26.4 Å². The van der Waals surface area contributed by atoms with Crippen LogP contribution in [0.3, 0.4) is 0 Å². The molecule has 0 saturated heterocycles. The average Bonchev–Trinajstić information content (AvgIpc) is 2.41. The van der Waals surface area contributed by atoms with Gasteiger partial charge in [0.25, 0.3) is 0 Å². The molecule has 1 N–H and O–H groups in total. The molecule has 0 aliphatic heterocycles. The molecule has 0 radical (unpaired) electrons. The van der Waals surface area contributed by atoms with E-state index in [0.717, 1.165) is 0 Å². The summed E-state index contributed by atoms with van der Waals surface area (Å²) in [6, 6.07) is 2.90. The number of carbonyl (C=O) groups is 1. The van der Waals surface area contributed by atoms with Crippen LogP contribution in [-0.4, -0.2) is 28.1 Å². The van der Waals surface area contributed by atoms with Crippen molar-refractivity contribution in [2.24, 2.45) is 0 Å². The Hall–Kier alpha value is -2.95. The van der Waals surface area contributed by atoms with Crippen LogP contribution in [0.4, 0.5) is 10.5 Å². The van der Waals surface area contributed by atoms with E-state index in [9.17, 15) is 14.9 Å². The fraction of sp³-hybridized carbons (Fsp3) is 0.357. The Labute approximate surface area is 127 Å². The molecular weight excluding hydrogens is 288 g/mol. The second-order valence-electron chi connectivity index (χ2n) is 5.29. The molecule has 8 heteroatoms. The van der Waals surface area contributed by atoms with E-state index >= 15 is 0 Å². The predicted molar refractivity (Wildman–Crippen MR) is 78.9 cm³/mol. The Morgan fingerprint density at radius 2 is 2.27 bits per heavy atom. The lowest BCUT2D eigenvalue weighted by Crippen LogP contribution is -2.32. The van der Waals surface area contributed by atoms with E-state index in [4.69, 9.17) is 10.00 Å². The summed E-state index contributed by atoms with van der Waals surface area (Å²) in [7, 11) is 0. The lowest BCUT2D eigenvalue weighted by Gasteiger charge is -2.19. The molecule has 8 nitrogen and oxygen atoms in total. The second kappa shape index (κ2) is 7.17. The van der Waals surface area contributed by atoms with E-state index in [0.29, 0.717) is 5.56 Å². The summed E-state index contributed by atoms with van der Waals surface area (Å²) >= 11 is 0. The quantitative estimate of drug-likeness (QED) is 0.674.